The van der Waals surface area contributed by atoms with E-state index in [0.29, 0.717) is 0 Å². The Morgan fingerprint density at radius 2 is 2.00 bits per heavy atom. The highest BCUT2D eigenvalue weighted by Crippen LogP contribution is 1.87. The van der Waals surface area contributed by atoms with Crippen LogP contribution in [0.3, 0.4) is 0 Å². The third kappa shape index (κ3) is 7.67. The van der Waals surface area contributed by atoms with Crippen molar-refractivity contribution in [2.75, 3.05) is 6.54 Å². The molecule has 0 saturated heterocycles. The van der Waals surface area contributed by atoms with Crippen molar-refractivity contribution in [1.82, 2.24) is 0 Å². The fraction of sp³-hybridized carbons (Fsp3) is 0.875. The van der Waals surface area contributed by atoms with Crippen LogP contribution in [0.15, 0.2) is 4.99 Å². The molecule has 0 aliphatic heterocycles. The SMILES string of the molecule is CCC/C=N\CCCC. The first-order chi connectivity index (χ1) is 4.41. The number of nitrogens with zero attached hydrogens (tertiary/aromatic N) is 1. The Morgan fingerprint density at radius 1 is 1.22 bits per heavy atom. The molecule has 0 spiro atoms. The van der Waals surface area contributed by atoms with E-state index in [4.69, 9.17) is 0 Å². The van der Waals surface area contributed by atoms with E-state index >= 15 is 0 Å². The molecule has 1 nitrogen and oxygen atoms in total. The Bertz CT molecular complexity index is 67.0. The molecule has 0 N–H and O–H groups in total. The normalized spacial score (nSPS) is 10.9. The molecule has 0 bridgehead atoms. The Hall–Kier alpha value is -0.330. The second kappa shape index (κ2) is 7.67. The minimum Gasteiger partial charge on any atom is -0.298 e. The average Bonchev–Trinajstić information content (AvgIpc) is 1.89. The summed E-state index contributed by atoms with van der Waals surface area (Å²) in [6, 6.07) is 0. The van der Waals surface area contributed by atoms with Crippen LogP contribution in [0.2, 0.25) is 0 Å². The first-order valence-electron chi connectivity index (χ1n) is 3.90. The van der Waals surface area contributed by atoms with Crippen molar-refractivity contribution in [3.8, 4) is 0 Å². The minimum atomic E-state index is 1.02. The predicted octanol–water partition coefficient (Wildman–Crippen LogP) is 2.66. The van der Waals surface area contributed by atoms with Crippen molar-refractivity contribution in [3.05, 3.63) is 0 Å². The van der Waals surface area contributed by atoms with E-state index < -0.39 is 0 Å². The van der Waals surface area contributed by atoms with Crippen molar-refractivity contribution in [3.63, 3.8) is 0 Å². The lowest BCUT2D eigenvalue weighted by molar-refractivity contribution is 0.807. The van der Waals surface area contributed by atoms with Crippen LogP contribution in [0.5, 0.6) is 0 Å². The molecular formula is C8H17N. The van der Waals surface area contributed by atoms with Gasteiger partial charge in [0.15, 0.2) is 0 Å². The van der Waals surface area contributed by atoms with Gasteiger partial charge in [0, 0.05) is 6.54 Å². The van der Waals surface area contributed by atoms with Crippen LogP contribution in [0.1, 0.15) is 39.5 Å². The number of hydrogen-bond donors (Lipinski definition) is 0. The van der Waals surface area contributed by atoms with Gasteiger partial charge in [-0.05, 0) is 19.1 Å². The molecule has 0 aromatic rings. The van der Waals surface area contributed by atoms with Gasteiger partial charge in [-0.15, -0.1) is 0 Å². The second-order valence-corrected chi connectivity index (χ2v) is 2.23. The van der Waals surface area contributed by atoms with Crippen molar-refractivity contribution in [1.29, 1.82) is 0 Å². The fourth-order valence-corrected chi connectivity index (χ4v) is 0.561. The van der Waals surface area contributed by atoms with Crippen LogP contribution in [-0.4, -0.2) is 12.8 Å². The number of aliphatic imine (C=N–C) groups is 1. The summed E-state index contributed by atoms with van der Waals surface area (Å²) in [5, 5.41) is 0. The molecule has 54 valence electrons. The molecule has 1 heteroatoms. The van der Waals surface area contributed by atoms with Gasteiger partial charge in [0.05, 0.1) is 0 Å². The first kappa shape index (κ1) is 8.67. The van der Waals surface area contributed by atoms with Gasteiger partial charge in [-0.2, -0.15) is 0 Å². The predicted molar refractivity (Wildman–Crippen MR) is 43.2 cm³/mol. The van der Waals surface area contributed by atoms with Gasteiger partial charge in [0.1, 0.15) is 0 Å². The maximum Gasteiger partial charge on any atom is 0.0385 e. The molecule has 0 aliphatic rings. The third-order valence-corrected chi connectivity index (χ3v) is 1.19. The van der Waals surface area contributed by atoms with E-state index in [-0.39, 0.29) is 0 Å². The largest absolute Gasteiger partial charge is 0.298 e. The number of unbranched alkanes of at least 4 members (excludes halogenated alkanes) is 2. The minimum absolute atomic E-state index is 1.02. The van der Waals surface area contributed by atoms with Gasteiger partial charge in [-0.25, -0.2) is 0 Å². The maximum absolute atomic E-state index is 4.23. The fourth-order valence-electron chi connectivity index (χ4n) is 0.561. The van der Waals surface area contributed by atoms with Crippen LogP contribution in [0, 0.1) is 0 Å². The van der Waals surface area contributed by atoms with E-state index in [1.54, 1.807) is 0 Å². The molecule has 0 amide bonds. The molecule has 9 heavy (non-hydrogen) atoms. The standard InChI is InChI=1S/C8H17N/c1-3-5-7-9-8-6-4-2/h7H,3-6,8H2,1-2H3/b9-7-. The maximum atomic E-state index is 4.23. The molecule has 0 atom stereocenters. The summed E-state index contributed by atoms with van der Waals surface area (Å²) in [7, 11) is 0. The Kier molecular flexibility index (Phi) is 7.39. The highest BCUT2D eigenvalue weighted by molar-refractivity contribution is 5.56. The molecule has 0 unspecified atom stereocenters. The van der Waals surface area contributed by atoms with Crippen molar-refractivity contribution < 1.29 is 0 Å². The molecule has 0 aromatic heterocycles. The molecule has 0 heterocycles. The van der Waals surface area contributed by atoms with E-state index in [1.807, 2.05) is 6.21 Å². The Labute approximate surface area is 58.2 Å². The van der Waals surface area contributed by atoms with Gasteiger partial charge in [0.25, 0.3) is 0 Å². The van der Waals surface area contributed by atoms with Crippen LogP contribution < -0.4 is 0 Å². The lowest BCUT2D eigenvalue weighted by Gasteiger charge is -1.87. The van der Waals surface area contributed by atoms with Crippen molar-refractivity contribution in [2.24, 2.45) is 4.99 Å². The second-order valence-electron chi connectivity index (χ2n) is 2.23. The van der Waals surface area contributed by atoms with E-state index in [2.05, 4.69) is 18.8 Å². The molecule has 0 saturated carbocycles. The average molecular weight is 127 g/mol. The van der Waals surface area contributed by atoms with E-state index in [0.717, 1.165) is 13.0 Å². The summed E-state index contributed by atoms with van der Waals surface area (Å²) < 4.78 is 0. The molecule has 0 aromatic carbocycles. The van der Waals surface area contributed by atoms with Crippen LogP contribution in [0.25, 0.3) is 0 Å². The summed E-state index contributed by atoms with van der Waals surface area (Å²) >= 11 is 0. The zero-order valence-electron chi connectivity index (χ0n) is 6.56. The summed E-state index contributed by atoms with van der Waals surface area (Å²) in [4.78, 5) is 4.23. The van der Waals surface area contributed by atoms with Crippen LogP contribution >= 0.6 is 0 Å². The van der Waals surface area contributed by atoms with Gasteiger partial charge < -0.3 is 0 Å². The zero-order valence-corrected chi connectivity index (χ0v) is 6.56. The smallest absolute Gasteiger partial charge is 0.0385 e. The molecular weight excluding hydrogens is 110 g/mol. The lowest BCUT2D eigenvalue weighted by Crippen LogP contribution is -1.79. The first-order valence-corrected chi connectivity index (χ1v) is 3.90. The highest BCUT2D eigenvalue weighted by atomic mass is 14.7. The Morgan fingerprint density at radius 3 is 2.56 bits per heavy atom. The van der Waals surface area contributed by atoms with Crippen LogP contribution in [-0.2, 0) is 0 Å². The summed E-state index contributed by atoms with van der Waals surface area (Å²) in [5.74, 6) is 0. The number of hydrogen-bond acceptors (Lipinski definition) is 1. The van der Waals surface area contributed by atoms with Crippen molar-refractivity contribution in [2.45, 2.75) is 39.5 Å². The summed E-state index contributed by atoms with van der Waals surface area (Å²) in [5.41, 5.74) is 0. The quantitative estimate of drug-likeness (QED) is 0.397. The lowest BCUT2D eigenvalue weighted by atomic mass is 10.3. The van der Waals surface area contributed by atoms with Gasteiger partial charge >= 0.3 is 0 Å². The third-order valence-electron chi connectivity index (χ3n) is 1.19. The molecule has 0 aliphatic carbocycles. The zero-order chi connectivity index (χ0) is 6.95. The Balaban J connectivity index is 2.86. The van der Waals surface area contributed by atoms with E-state index in [9.17, 15) is 0 Å². The summed E-state index contributed by atoms with van der Waals surface area (Å²) in [6.07, 6.45) is 6.89. The molecule has 0 fully saturated rings. The molecule has 0 rings (SSSR count). The number of rotatable bonds is 5. The van der Waals surface area contributed by atoms with Crippen molar-refractivity contribution >= 4 is 6.21 Å². The topological polar surface area (TPSA) is 12.4 Å². The molecule has 0 radical (unpaired) electrons. The highest BCUT2D eigenvalue weighted by Gasteiger charge is 1.76. The monoisotopic (exact) mass is 127 g/mol. The summed E-state index contributed by atoms with van der Waals surface area (Å²) in [6.45, 7) is 5.39. The van der Waals surface area contributed by atoms with E-state index in [1.165, 1.54) is 19.3 Å². The van der Waals surface area contributed by atoms with Crippen LogP contribution in [0.4, 0.5) is 0 Å². The van der Waals surface area contributed by atoms with Gasteiger partial charge in [-0.1, -0.05) is 26.7 Å². The van der Waals surface area contributed by atoms with Gasteiger partial charge in [-0.3, -0.25) is 4.99 Å². The van der Waals surface area contributed by atoms with Gasteiger partial charge in [0.2, 0.25) is 0 Å².